The van der Waals surface area contributed by atoms with E-state index in [0.29, 0.717) is 24.2 Å². The minimum atomic E-state index is -3.94. The number of benzene rings is 2. The maximum absolute atomic E-state index is 13.0. The van der Waals surface area contributed by atoms with Gasteiger partial charge >= 0.3 is 0 Å². The fourth-order valence-corrected chi connectivity index (χ4v) is 4.92. The molecule has 0 spiro atoms. The Kier molecular flexibility index (Phi) is 4.81. The van der Waals surface area contributed by atoms with E-state index in [-0.39, 0.29) is 15.8 Å². The fourth-order valence-electron chi connectivity index (χ4n) is 2.87. The van der Waals surface area contributed by atoms with Gasteiger partial charge in [0.1, 0.15) is 16.8 Å². The van der Waals surface area contributed by atoms with Gasteiger partial charge in [0.25, 0.3) is 0 Å². The highest BCUT2D eigenvalue weighted by molar-refractivity contribution is 7.89. The minimum Gasteiger partial charge on any atom is -0.311 e. The van der Waals surface area contributed by atoms with Crippen molar-refractivity contribution >= 4 is 33.2 Å². The zero-order valence-electron chi connectivity index (χ0n) is 13.4. The number of hydrogen-bond donors (Lipinski definition) is 1. The van der Waals surface area contributed by atoms with Crippen molar-refractivity contribution in [2.75, 3.05) is 11.4 Å². The van der Waals surface area contributed by atoms with Gasteiger partial charge < -0.3 is 4.90 Å². The average molecular weight is 383 g/mol. The molecule has 0 unspecified atom stereocenters. The van der Waals surface area contributed by atoms with Crippen LogP contribution < -0.4 is 9.62 Å². The first-order valence-corrected chi connectivity index (χ1v) is 9.50. The summed E-state index contributed by atoms with van der Waals surface area (Å²) < 4.78 is 40.8. The highest BCUT2D eigenvalue weighted by Crippen LogP contribution is 2.27. The minimum absolute atomic E-state index is 0.0234. The second-order valence-electron chi connectivity index (χ2n) is 5.81. The van der Waals surface area contributed by atoms with Crippen LogP contribution in [0.2, 0.25) is 5.02 Å². The van der Waals surface area contributed by atoms with Gasteiger partial charge in [0.2, 0.25) is 15.9 Å². The summed E-state index contributed by atoms with van der Waals surface area (Å²) in [5.41, 5.74) is 1.03. The van der Waals surface area contributed by atoms with Gasteiger partial charge in [0.05, 0.1) is 5.02 Å². The number of rotatable bonds is 4. The molecule has 0 bridgehead atoms. The lowest BCUT2D eigenvalue weighted by Gasteiger charge is -2.18. The van der Waals surface area contributed by atoms with Crippen LogP contribution in [0, 0.1) is 12.7 Å². The number of carbonyl (C=O) groups is 1. The number of halogens is 2. The fraction of sp³-hybridized carbons (Fsp3) is 0.235. The first-order chi connectivity index (χ1) is 11.8. The maximum Gasteiger partial charge on any atom is 0.245 e. The largest absolute Gasteiger partial charge is 0.311 e. The number of nitrogens with one attached hydrogen (secondary N) is 1. The van der Waals surface area contributed by atoms with Gasteiger partial charge in [0, 0.05) is 12.2 Å². The van der Waals surface area contributed by atoms with Crippen molar-refractivity contribution in [3.8, 4) is 0 Å². The molecule has 1 heterocycles. The van der Waals surface area contributed by atoms with Crippen LogP contribution in [0.25, 0.3) is 0 Å². The first kappa shape index (κ1) is 17.8. The molecule has 132 valence electrons. The topological polar surface area (TPSA) is 66.5 Å². The Morgan fingerprint density at radius 1 is 1.20 bits per heavy atom. The third kappa shape index (κ3) is 3.53. The second-order valence-corrected chi connectivity index (χ2v) is 7.87. The smallest absolute Gasteiger partial charge is 0.245 e. The molecule has 2 aromatic carbocycles. The Morgan fingerprint density at radius 2 is 1.88 bits per heavy atom. The number of carbonyl (C=O) groups excluding carboxylic acids is 1. The van der Waals surface area contributed by atoms with Crippen molar-refractivity contribution in [1.82, 2.24) is 4.72 Å². The number of anilines is 1. The molecule has 1 amide bonds. The van der Waals surface area contributed by atoms with Gasteiger partial charge in [-0.15, -0.1) is 0 Å². The Labute approximate surface area is 150 Å². The number of hydrogen-bond acceptors (Lipinski definition) is 3. The summed E-state index contributed by atoms with van der Waals surface area (Å²) in [4.78, 5) is 14.0. The zero-order chi connectivity index (χ0) is 18.2. The highest BCUT2D eigenvalue weighted by atomic mass is 35.5. The highest BCUT2D eigenvalue weighted by Gasteiger charge is 2.36. The van der Waals surface area contributed by atoms with Gasteiger partial charge in [-0.25, -0.2) is 12.8 Å². The third-order valence-electron chi connectivity index (χ3n) is 4.07. The first-order valence-electron chi connectivity index (χ1n) is 7.64. The number of amides is 1. The molecule has 25 heavy (non-hydrogen) atoms. The van der Waals surface area contributed by atoms with Crippen LogP contribution in [-0.2, 0) is 14.8 Å². The Bertz CT molecular complexity index is 896. The number of nitrogens with zero attached hydrogens (tertiary/aromatic N) is 1. The average Bonchev–Trinajstić information content (AvgIpc) is 2.88. The normalized spacial score (nSPS) is 18.0. The van der Waals surface area contributed by atoms with Crippen LogP contribution in [0.4, 0.5) is 10.1 Å². The zero-order valence-corrected chi connectivity index (χ0v) is 14.9. The van der Waals surface area contributed by atoms with Crippen LogP contribution in [0.5, 0.6) is 0 Å². The van der Waals surface area contributed by atoms with Crippen molar-refractivity contribution in [2.24, 2.45) is 0 Å². The lowest BCUT2D eigenvalue weighted by atomic mass is 10.2. The number of aryl methyl sites for hydroxylation is 1. The lowest BCUT2D eigenvalue weighted by Crippen LogP contribution is -2.41. The predicted molar refractivity (Wildman–Crippen MR) is 93.7 cm³/mol. The summed E-state index contributed by atoms with van der Waals surface area (Å²) in [5, 5.41) is 0.105. The Hall–Kier alpha value is -1.96. The van der Waals surface area contributed by atoms with E-state index in [4.69, 9.17) is 11.6 Å². The summed E-state index contributed by atoms with van der Waals surface area (Å²) in [6, 6.07) is 9.40. The summed E-state index contributed by atoms with van der Waals surface area (Å²) in [5.74, 6) is -0.776. The molecule has 2 aromatic rings. The van der Waals surface area contributed by atoms with Crippen LogP contribution in [0.15, 0.2) is 47.4 Å². The van der Waals surface area contributed by atoms with Crippen molar-refractivity contribution < 1.29 is 17.6 Å². The van der Waals surface area contributed by atoms with Crippen LogP contribution in [0.3, 0.4) is 0 Å². The molecule has 3 rings (SSSR count). The molecule has 5 nitrogen and oxygen atoms in total. The maximum atomic E-state index is 13.0. The van der Waals surface area contributed by atoms with Crippen LogP contribution in [0.1, 0.15) is 12.0 Å². The van der Waals surface area contributed by atoms with Gasteiger partial charge in [-0.1, -0.05) is 23.7 Å². The summed E-state index contributed by atoms with van der Waals surface area (Å²) in [6.45, 7) is 1.99. The molecule has 1 fully saturated rings. The quantitative estimate of drug-likeness (QED) is 0.884. The Balaban J connectivity index is 1.82. The monoisotopic (exact) mass is 382 g/mol. The molecule has 1 saturated heterocycles. The Morgan fingerprint density at radius 3 is 2.52 bits per heavy atom. The third-order valence-corrected chi connectivity index (χ3v) is 6.17. The van der Waals surface area contributed by atoms with Gasteiger partial charge in [-0.05, 0) is 49.2 Å². The molecule has 8 heteroatoms. The van der Waals surface area contributed by atoms with E-state index in [1.54, 1.807) is 19.1 Å². The summed E-state index contributed by atoms with van der Waals surface area (Å²) >= 11 is 6.03. The van der Waals surface area contributed by atoms with Crippen molar-refractivity contribution in [1.29, 1.82) is 0 Å². The van der Waals surface area contributed by atoms with E-state index < -0.39 is 21.9 Å². The lowest BCUT2D eigenvalue weighted by molar-refractivity contribution is -0.118. The van der Waals surface area contributed by atoms with Gasteiger partial charge in [-0.3, -0.25) is 4.79 Å². The molecular formula is C17H16ClFN2O3S. The van der Waals surface area contributed by atoms with E-state index in [9.17, 15) is 17.6 Å². The molecule has 1 N–H and O–H groups in total. The van der Waals surface area contributed by atoms with E-state index in [1.165, 1.54) is 35.2 Å². The van der Waals surface area contributed by atoms with Crippen molar-refractivity contribution in [2.45, 2.75) is 24.3 Å². The summed E-state index contributed by atoms with van der Waals surface area (Å²) in [6.07, 6.45) is 0.318. The van der Waals surface area contributed by atoms with E-state index in [1.807, 2.05) is 0 Å². The standard InChI is InChI=1S/C17H16ClFN2O3S/c1-11-3-2-4-14(18)16(11)25(23,24)20-15-9-10-21(17(15)22)13-7-5-12(19)6-8-13/h2-8,15,20H,9-10H2,1H3/t15-/m0/s1. The van der Waals surface area contributed by atoms with Crippen LogP contribution >= 0.6 is 11.6 Å². The molecule has 0 aliphatic carbocycles. The SMILES string of the molecule is Cc1cccc(Cl)c1S(=O)(=O)N[C@H]1CCN(c2ccc(F)cc2)C1=O. The molecule has 0 radical (unpaired) electrons. The molecule has 0 aromatic heterocycles. The second kappa shape index (κ2) is 6.74. The van der Waals surface area contributed by atoms with E-state index in [2.05, 4.69) is 4.72 Å². The van der Waals surface area contributed by atoms with Gasteiger partial charge in [0.15, 0.2) is 0 Å². The van der Waals surface area contributed by atoms with Crippen molar-refractivity contribution in [3.63, 3.8) is 0 Å². The molecule has 1 aliphatic heterocycles. The van der Waals surface area contributed by atoms with Crippen molar-refractivity contribution in [3.05, 3.63) is 58.9 Å². The summed E-state index contributed by atoms with van der Waals surface area (Å²) in [7, 11) is -3.94. The van der Waals surface area contributed by atoms with Gasteiger partial charge in [-0.2, -0.15) is 4.72 Å². The molecular weight excluding hydrogens is 367 g/mol. The molecule has 1 aliphatic rings. The van der Waals surface area contributed by atoms with E-state index >= 15 is 0 Å². The molecule has 0 saturated carbocycles. The number of sulfonamides is 1. The molecule has 1 atom stereocenters. The van der Waals surface area contributed by atoms with Crippen LogP contribution in [-0.4, -0.2) is 26.9 Å². The predicted octanol–water partition coefficient (Wildman–Crippen LogP) is 2.87. The van der Waals surface area contributed by atoms with E-state index in [0.717, 1.165) is 0 Å².